The standard InChI is InChI=1S/C20H31N5O3/c1-13(2)9-10-21-17(26)15-11-16-18(27)24(4)20(3,12-25(16)23-15)19(28)22-14-7-5-6-8-14/h11,13-14H,5-10,12H2,1-4H3,(H,21,26)(H,22,28). The predicted molar refractivity (Wildman–Crippen MR) is 105 cm³/mol. The molecule has 1 saturated carbocycles. The first kappa shape index (κ1) is 20.4. The number of hydrogen-bond donors (Lipinski definition) is 2. The Morgan fingerprint density at radius 2 is 2.00 bits per heavy atom. The molecule has 1 unspecified atom stereocenters. The molecule has 1 aliphatic carbocycles. The Balaban J connectivity index is 1.75. The van der Waals surface area contributed by atoms with E-state index in [0.717, 1.165) is 32.1 Å². The molecule has 0 bridgehead atoms. The molecule has 1 aromatic heterocycles. The van der Waals surface area contributed by atoms with Crippen LogP contribution in [0.1, 0.15) is 73.9 Å². The molecule has 3 rings (SSSR count). The van der Waals surface area contributed by atoms with Gasteiger partial charge < -0.3 is 15.5 Å². The largest absolute Gasteiger partial charge is 0.351 e. The fourth-order valence-corrected chi connectivity index (χ4v) is 3.81. The van der Waals surface area contributed by atoms with Crippen molar-refractivity contribution in [2.45, 2.75) is 71.0 Å². The second kappa shape index (κ2) is 7.93. The highest BCUT2D eigenvalue weighted by molar-refractivity contribution is 6.01. The lowest BCUT2D eigenvalue weighted by atomic mass is 9.95. The Hall–Kier alpha value is -2.38. The van der Waals surface area contributed by atoms with Gasteiger partial charge in [0, 0.05) is 25.7 Å². The quantitative estimate of drug-likeness (QED) is 0.772. The zero-order valence-corrected chi connectivity index (χ0v) is 17.2. The molecule has 0 radical (unpaired) electrons. The van der Waals surface area contributed by atoms with Crippen molar-refractivity contribution in [1.82, 2.24) is 25.3 Å². The van der Waals surface area contributed by atoms with Gasteiger partial charge in [0.2, 0.25) is 5.91 Å². The van der Waals surface area contributed by atoms with Gasteiger partial charge in [-0.2, -0.15) is 5.10 Å². The number of carbonyl (C=O) groups is 3. The molecule has 0 saturated heterocycles. The van der Waals surface area contributed by atoms with Crippen molar-refractivity contribution in [3.05, 3.63) is 17.5 Å². The van der Waals surface area contributed by atoms with E-state index in [1.807, 2.05) is 0 Å². The summed E-state index contributed by atoms with van der Waals surface area (Å²) in [6, 6.07) is 1.69. The molecule has 0 spiro atoms. The summed E-state index contributed by atoms with van der Waals surface area (Å²) in [5.74, 6) is -0.275. The number of rotatable bonds is 6. The molecule has 1 fully saturated rings. The lowest BCUT2D eigenvalue weighted by molar-refractivity contribution is -0.133. The van der Waals surface area contributed by atoms with Crippen molar-refractivity contribution in [2.24, 2.45) is 5.92 Å². The molecular weight excluding hydrogens is 358 g/mol. The Bertz CT molecular complexity index is 766. The van der Waals surface area contributed by atoms with Crippen LogP contribution in [0.25, 0.3) is 0 Å². The third kappa shape index (κ3) is 3.91. The summed E-state index contributed by atoms with van der Waals surface area (Å²) in [6.45, 7) is 6.72. The second-order valence-corrected chi connectivity index (χ2v) is 8.60. The van der Waals surface area contributed by atoms with E-state index in [0.29, 0.717) is 18.2 Å². The summed E-state index contributed by atoms with van der Waals surface area (Å²) >= 11 is 0. The summed E-state index contributed by atoms with van der Waals surface area (Å²) in [4.78, 5) is 39.7. The zero-order chi connectivity index (χ0) is 20.5. The van der Waals surface area contributed by atoms with E-state index in [1.54, 1.807) is 14.0 Å². The van der Waals surface area contributed by atoms with Crippen molar-refractivity contribution in [2.75, 3.05) is 13.6 Å². The maximum atomic E-state index is 13.0. The molecule has 8 nitrogen and oxygen atoms in total. The summed E-state index contributed by atoms with van der Waals surface area (Å²) < 4.78 is 1.49. The lowest BCUT2D eigenvalue weighted by Crippen LogP contribution is -2.63. The molecule has 28 heavy (non-hydrogen) atoms. The van der Waals surface area contributed by atoms with Gasteiger partial charge in [-0.15, -0.1) is 0 Å². The molecule has 1 atom stereocenters. The van der Waals surface area contributed by atoms with Gasteiger partial charge >= 0.3 is 0 Å². The van der Waals surface area contributed by atoms with Crippen LogP contribution < -0.4 is 10.6 Å². The summed E-state index contributed by atoms with van der Waals surface area (Å²) in [6.07, 6.45) is 5.07. The molecule has 2 N–H and O–H groups in total. The van der Waals surface area contributed by atoms with Gasteiger partial charge in [-0.05, 0) is 32.1 Å². The Kier molecular flexibility index (Phi) is 5.76. The van der Waals surface area contributed by atoms with Crippen molar-refractivity contribution in [3.8, 4) is 0 Å². The van der Waals surface area contributed by atoms with E-state index in [4.69, 9.17) is 0 Å². The van der Waals surface area contributed by atoms with E-state index in [1.165, 1.54) is 15.6 Å². The van der Waals surface area contributed by atoms with Gasteiger partial charge in [0.25, 0.3) is 11.8 Å². The first-order chi connectivity index (χ1) is 13.2. The van der Waals surface area contributed by atoms with Crippen LogP contribution in [-0.2, 0) is 11.3 Å². The normalized spacial score (nSPS) is 22.5. The van der Waals surface area contributed by atoms with Gasteiger partial charge in [-0.25, -0.2) is 0 Å². The highest BCUT2D eigenvalue weighted by Gasteiger charge is 2.46. The van der Waals surface area contributed by atoms with Crippen molar-refractivity contribution < 1.29 is 14.4 Å². The van der Waals surface area contributed by atoms with Gasteiger partial charge in [-0.1, -0.05) is 26.7 Å². The van der Waals surface area contributed by atoms with Crippen LogP contribution in [0.15, 0.2) is 6.07 Å². The fraction of sp³-hybridized carbons (Fsp3) is 0.700. The van der Waals surface area contributed by atoms with Crippen LogP contribution in [0, 0.1) is 5.92 Å². The van der Waals surface area contributed by atoms with E-state index in [9.17, 15) is 14.4 Å². The topological polar surface area (TPSA) is 96.3 Å². The number of amides is 3. The van der Waals surface area contributed by atoms with Crippen LogP contribution in [0.2, 0.25) is 0 Å². The number of carbonyl (C=O) groups excluding carboxylic acids is 3. The molecule has 2 heterocycles. The van der Waals surface area contributed by atoms with Crippen LogP contribution in [0.3, 0.4) is 0 Å². The average Bonchev–Trinajstić information content (AvgIpc) is 3.29. The zero-order valence-electron chi connectivity index (χ0n) is 17.2. The smallest absolute Gasteiger partial charge is 0.272 e. The second-order valence-electron chi connectivity index (χ2n) is 8.60. The summed E-state index contributed by atoms with van der Waals surface area (Å²) in [7, 11) is 1.63. The van der Waals surface area contributed by atoms with Gasteiger partial charge in [0.1, 0.15) is 11.2 Å². The fourth-order valence-electron chi connectivity index (χ4n) is 3.81. The minimum absolute atomic E-state index is 0.167. The molecule has 0 aromatic carbocycles. The molecule has 154 valence electrons. The van der Waals surface area contributed by atoms with Crippen molar-refractivity contribution in [3.63, 3.8) is 0 Å². The molecule has 3 amide bonds. The van der Waals surface area contributed by atoms with Crippen LogP contribution >= 0.6 is 0 Å². The first-order valence-corrected chi connectivity index (χ1v) is 10.2. The maximum absolute atomic E-state index is 13.0. The number of hydrogen-bond acceptors (Lipinski definition) is 4. The third-order valence-electron chi connectivity index (χ3n) is 5.92. The van der Waals surface area contributed by atoms with E-state index >= 15 is 0 Å². The summed E-state index contributed by atoms with van der Waals surface area (Å²) in [5, 5.41) is 10.2. The number of nitrogens with one attached hydrogen (secondary N) is 2. The minimum atomic E-state index is -1.04. The number of fused-ring (bicyclic) bond motifs is 1. The Morgan fingerprint density at radius 3 is 2.64 bits per heavy atom. The number of likely N-dealkylation sites (N-methyl/N-ethyl adjacent to an activating group) is 1. The summed E-state index contributed by atoms with van der Waals surface area (Å²) in [5.41, 5.74) is -0.493. The highest BCUT2D eigenvalue weighted by Crippen LogP contribution is 2.27. The van der Waals surface area contributed by atoms with Gasteiger partial charge in [-0.3, -0.25) is 19.1 Å². The third-order valence-corrected chi connectivity index (χ3v) is 5.92. The molecule has 8 heteroatoms. The van der Waals surface area contributed by atoms with E-state index in [-0.39, 0.29) is 36.0 Å². The average molecular weight is 390 g/mol. The maximum Gasteiger partial charge on any atom is 0.272 e. The van der Waals surface area contributed by atoms with E-state index < -0.39 is 5.54 Å². The van der Waals surface area contributed by atoms with Crippen LogP contribution in [0.5, 0.6) is 0 Å². The van der Waals surface area contributed by atoms with Crippen LogP contribution in [0.4, 0.5) is 0 Å². The Labute approximate surface area is 166 Å². The van der Waals surface area contributed by atoms with Gasteiger partial charge in [0.15, 0.2) is 5.69 Å². The monoisotopic (exact) mass is 389 g/mol. The predicted octanol–water partition coefficient (Wildman–Crippen LogP) is 1.56. The molecule has 1 aromatic rings. The lowest BCUT2D eigenvalue weighted by Gasteiger charge is -2.41. The first-order valence-electron chi connectivity index (χ1n) is 10.2. The minimum Gasteiger partial charge on any atom is -0.351 e. The van der Waals surface area contributed by atoms with Gasteiger partial charge in [0.05, 0.1) is 6.54 Å². The highest BCUT2D eigenvalue weighted by atomic mass is 16.2. The molecular formula is C20H31N5O3. The SMILES string of the molecule is CC(C)CCNC(=O)c1cc2n(n1)CC(C)(C(=O)NC1CCCC1)N(C)C2=O. The molecule has 1 aliphatic heterocycles. The van der Waals surface area contributed by atoms with E-state index in [2.05, 4.69) is 29.6 Å². The number of nitrogens with zero attached hydrogens (tertiary/aromatic N) is 3. The van der Waals surface area contributed by atoms with Crippen molar-refractivity contribution in [1.29, 1.82) is 0 Å². The van der Waals surface area contributed by atoms with Crippen molar-refractivity contribution >= 4 is 17.7 Å². The Morgan fingerprint density at radius 1 is 1.32 bits per heavy atom. The number of aromatic nitrogens is 2. The van der Waals surface area contributed by atoms with Crippen LogP contribution in [-0.4, -0.2) is 57.6 Å². The molecule has 2 aliphatic rings.